The van der Waals surface area contributed by atoms with Crippen LogP contribution in [0.1, 0.15) is 44.7 Å². The number of piperidine rings is 1. The van der Waals surface area contributed by atoms with Gasteiger partial charge in [0.15, 0.2) is 0 Å². The van der Waals surface area contributed by atoms with Crippen LogP contribution in [-0.2, 0) is 12.8 Å². The molecule has 2 N–H and O–H groups in total. The number of methoxy groups -OCH3 is 1. The molecule has 0 radical (unpaired) electrons. The van der Waals surface area contributed by atoms with Crippen LogP contribution in [0.3, 0.4) is 0 Å². The largest absolute Gasteiger partial charge is 0.494 e. The van der Waals surface area contributed by atoms with Gasteiger partial charge in [-0.15, -0.1) is 0 Å². The van der Waals surface area contributed by atoms with Gasteiger partial charge in [0.2, 0.25) is 5.95 Å². The van der Waals surface area contributed by atoms with E-state index >= 15 is 0 Å². The van der Waals surface area contributed by atoms with E-state index in [9.17, 15) is 0 Å². The minimum atomic E-state index is 0.509. The lowest BCUT2D eigenvalue weighted by atomic mass is 9.99. The SMILES string of the molecule is CCc1cc(Nc2ncc(CC)c(Nc3ccc4nccnc4c3N(CC)SC)n2)c(OC)cc1N1CCC(N2CCN(C)CC2)CC1. The van der Waals surface area contributed by atoms with E-state index in [2.05, 4.69) is 86.9 Å². The number of nitrogens with zero attached hydrogens (tertiary/aromatic N) is 8. The first-order valence-corrected chi connectivity index (χ1v) is 18.5. The number of ether oxygens (including phenoxy) is 1. The maximum atomic E-state index is 5.96. The molecule has 2 saturated heterocycles. The van der Waals surface area contributed by atoms with Gasteiger partial charge in [-0.05, 0) is 63.4 Å². The Balaban J connectivity index is 1.24. The Morgan fingerprint density at radius 3 is 2.33 bits per heavy atom. The van der Waals surface area contributed by atoms with Gasteiger partial charge in [0, 0.05) is 94.0 Å². The highest BCUT2D eigenvalue weighted by Crippen LogP contribution is 2.39. The molecule has 0 spiro atoms. The lowest BCUT2D eigenvalue weighted by Crippen LogP contribution is -2.52. The molecule has 11 nitrogen and oxygen atoms in total. The number of likely N-dealkylation sites (N-methyl/N-ethyl adjacent to an activating group) is 1. The van der Waals surface area contributed by atoms with Gasteiger partial charge >= 0.3 is 0 Å². The van der Waals surface area contributed by atoms with Crippen molar-refractivity contribution in [3.63, 3.8) is 0 Å². The van der Waals surface area contributed by atoms with E-state index in [1.165, 1.54) is 50.3 Å². The summed E-state index contributed by atoms with van der Waals surface area (Å²) in [5.74, 6) is 2.05. The molecule has 2 aliphatic rings. The molecule has 0 aliphatic carbocycles. The number of aromatic nitrogens is 4. The normalized spacial score (nSPS) is 16.3. The van der Waals surface area contributed by atoms with Gasteiger partial charge in [0.1, 0.15) is 17.1 Å². The van der Waals surface area contributed by atoms with Crippen molar-refractivity contribution in [2.24, 2.45) is 0 Å². The van der Waals surface area contributed by atoms with Crippen LogP contribution in [0.2, 0.25) is 0 Å². The number of benzene rings is 2. The molecule has 48 heavy (non-hydrogen) atoms. The molecule has 0 atom stereocenters. The van der Waals surface area contributed by atoms with Gasteiger partial charge in [-0.25, -0.2) is 4.98 Å². The molecule has 256 valence electrons. The minimum Gasteiger partial charge on any atom is -0.494 e. The van der Waals surface area contributed by atoms with E-state index < -0.39 is 0 Å². The van der Waals surface area contributed by atoms with Crippen molar-refractivity contribution < 1.29 is 4.74 Å². The Morgan fingerprint density at radius 1 is 0.896 bits per heavy atom. The van der Waals surface area contributed by atoms with Crippen molar-refractivity contribution >= 4 is 57.5 Å². The zero-order valence-corrected chi connectivity index (χ0v) is 30.1. The molecular weight excluding hydrogens is 621 g/mol. The fraction of sp³-hybridized carbons (Fsp3) is 0.500. The fourth-order valence-corrected chi connectivity index (χ4v) is 7.58. The van der Waals surface area contributed by atoms with E-state index in [-0.39, 0.29) is 0 Å². The zero-order valence-electron chi connectivity index (χ0n) is 29.3. The summed E-state index contributed by atoms with van der Waals surface area (Å²) in [5, 5.41) is 7.13. The van der Waals surface area contributed by atoms with Crippen molar-refractivity contribution in [3.05, 3.63) is 54.0 Å². The van der Waals surface area contributed by atoms with Crippen LogP contribution in [0.5, 0.6) is 5.75 Å². The van der Waals surface area contributed by atoms with Crippen molar-refractivity contribution in [2.75, 3.05) is 86.1 Å². The summed E-state index contributed by atoms with van der Waals surface area (Å²) in [6.07, 6.45) is 11.5. The monoisotopic (exact) mass is 670 g/mol. The first-order valence-electron chi connectivity index (χ1n) is 17.3. The third kappa shape index (κ3) is 7.25. The van der Waals surface area contributed by atoms with Crippen molar-refractivity contribution in [2.45, 2.75) is 52.5 Å². The molecule has 0 bridgehead atoms. The molecule has 0 unspecified atom stereocenters. The summed E-state index contributed by atoms with van der Waals surface area (Å²) >= 11 is 1.66. The van der Waals surface area contributed by atoms with Crippen LogP contribution < -0.4 is 24.6 Å². The highest BCUT2D eigenvalue weighted by atomic mass is 32.2. The Bertz CT molecular complexity index is 1680. The molecule has 6 rings (SSSR count). The number of anilines is 6. The number of piperazine rings is 1. The lowest BCUT2D eigenvalue weighted by molar-refractivity contribution is 0.0982. The molecule has 2 fully saturated rings. The number of nitrogens with one attached hydrogen (secondary N) is 2. The van der Waals surface area contributed by atoms with Crippen LogP contribution in [-0.4, -0.2) is 102 Å². The highest BCUT2D eigenvalue weighted by Gasteiger charge is 2.28. The molecule has 2 aromatic heterocycles. The Morgan fingerprint density at radius 2 is 1.65 bits per heavy atom. The maximum Gasteiger partial charge on any atom is 0.229 e. The van der Waals surface area contributed by atoms with Crippen LogP contribution in [0.15, 0.2) is 42.9 Å². The maximum absolute atomic E-state index is 5.96. The summed E-state index contributed by atoms with van der Waals surface area (Å²) in [6.45, 7) is 14.1. The van der Waals surface area contributed by atoms with Gasteiger partial charge in [-0.3, -0.25) is 14.9 Å². The number of hydrogen-bond acceptors (Lipinski definition) is 12. The van der Waals surface area contributed by atoms with E-state index in [0.29, 0.717) is 12.0 Å². The predicted octanol–water partition coefficient (Wildman–Crippen LogP) is 6.36. The predicted molar refractivity (Wildman–Crippen MR) is 201 cm³/mol. The Hall–Kier alpha value is -3.87. The first kappa shape index (κ1) is 34.0. The molecule has 2 aromatic carbocycles. The second-order valence-electron chi connectivity index (χ2n) is 12.5. The van der Waals surface area contributed by atoms with E-state index in [1.807, 2.05) is 12.3 Å². The summed E-state index contributed by atoms with van der Waals surface area (Å²) < 4.78 is 8.18. The molecule has 0 saturated carbocycles. The molecule has 2 aliphatic heterocycles. The lowest BCUT2D eigenvalue weighted by Gasteiger charge is -2.43. The van der Waals surface area contributed by atoms with Crippen LogP contribution in [0, 0.1) is 0 Å². The summed E-state index contributed by atoms with van der Waals surface area (Å²) in [4.78, 5) is 26.6. The molecule has 4 heterocycles. The number of rotatable bonds is 12. The smallest absolute Gasteiger partial charge is 0.229 e. The second kappa shape index (κ2) is 15.6. The number of hydrogen-bond donors (Lipinski definition) is 2. The molecule has 12 heteroatoms. The van der Waals surface area contributed by atoms with Crippen molar-refractivity contribution in [1.82, 2.24) is 29.7 Å². The van der Waals surface area contributed by atoms with Crippen LogP contribution >= 0.6 is 11.9 Å². The molecule has 4 aromatic rings. The Labute approximate surface area is 289 Å². The second-order valence-corrected chi connectivity index (χ2v) is 13.3. The molecule has 0 amide bonds. The highest BCUT2D eigenvalue weighted by molar-refractivity contribution is 8.00. The van der Waals surface area contributed by atoms with Crippen molar-refractivity contribution in [3.8, 4) is 5.75 Å². The van der Waals surface area contributed by atoms with Gasteiger partial charge in [0.05, 0.1) is 29.7 Å². The minimum absolute atomic E-state index is 0.509. The quantitative estimate of drug-likeness (QED) is 0.164. The average molecular weight is 671 g/mol. The van der Waals surface area contributed by atoms with Crippen LogP contribution in [0.4, 0.5) is 34.5 Å². The zero-order chi connectivity index (χ0) is 33.6. The Kier molecular flexibility index (Phi) is 11.0. The summed E-state index contributed by atoms with van der Waals surface area (Å²) in [7, 11) is 3.96. The topological polar surface area (TPSA) is 97.8 Å². The fourth-order valence-electron chi connectivity index (χ4n) is 6.95. The molecular formula is C36H50N10OS. The first-order chi connectivity index (χ1) is 23.5. The summed E-state index contributed by atoms with van der Waals surface area (Å²) in [5.41, 5.74) is 8.06. The summed E-state index contributed by atoms with van der Waals surface area (Å²) in [6, 6.07) is 9.15. The van der Waals surface area contributed by atoms with Gasteiger partial charge in [-0.2, -0.15) is 4.98 Å². The van der Waals surface area contributed by atoms with Gasteiger partial charge < -0.3 is 29.5 Å². The van der Waals surface area contributed by atoms with Gasteiger partial charge in [-0.1, -0.05) is 25.8 Å². The third-order valence-electron chi connectivity index (χ3n) is 9.76. The van der Waals surface area contributed by atoms with Crippen molar-refractivity contribution in [1.29, 1.82) is 0 Å². The van der Waals surface area contributed by atoms with E-state index in [1.54, 1.807) is 31.5 Å². The van der Waals surface area contributed by atoms with E-state index in [4.69, 9.17) is 19.7 Å². The number of fused-ring (bicyclic) bond motifs is 1. The van der Waals surface area contributed by atoms with Crippen LogP contribution in [0.25, 0.3) is 11.0 Å². The standard InChI is InChI=1S/C36H50N10OS/c1-7-25-22-30(32(47-5)23-31(25)45-16-12-27(13-17-45)44-20-18-43(4)19-21-44)41-36-39-24-26(8-2)35(42-36)40-29-11-10-28-33(38-15-14-37-28)34(29)46(9-3)48-6/h10-11,14-15,22-24,27H,7-9,12-13,16-21H2,1-6H3,(H2,39,40,41,42). The average Bonchev–Trinajstić information content (AvgIpc) is 3.13. The number of aryl methyl sites for hydroxylation is 2. The van der Waals surface area contributed by atoms with Gasteiger partial charge in [0.25, 0.3) is 0 Å². The third-order valence-corrected chi connectivity index (χ3v) is 10.6. The van der Waals surface area contributed by atoms with E-state index in [0.717, 1.165) is 77.7 Å².